The van der Waals surface area contributed by atoms with Crippen LogP contribution in [-0.4, -0.2) is 24.9 Å². The highest BCUT2D eigenvalue weighted by Crippen LogP contribution is 2.41. The number of hydrogen-bond acceptors (Lipinski definition) is 2. The third-order valence-corrected chi connectivity index (χ3v) is 4.43. The molecule has 0 bridgehead atoms. The van der Waals surface area contributed by atoms with Crippen LogP contribution in [0.5, 0.6) is 0 Å². The molecule has 2 nitrogen and oxygen atoms in total. The number of hydrogen-bond donors (Lipinski definition) is 0. The highest BCUT2D eigenvalue weighted by atomic mass is 16.6. The maximum atomic E-state index is 5.58. The molecule has 1 saturated carbocycles. The van der Waals surface area contributed by atoms with Gasteiger partial charge in [-0.3, -0.25) is 0 Å². The second-order valence-electron chi connectivity index (χ2n) is 5.44. The van der Waals surface area contributed by atoms with Crippen LogP contribution in [0.3, 0.4) is 0 Å². The molecular weight excluding hydrogens is 188 g/mol. The summed E-state index contributed by atoms with van der Waals surface area (Å²) in [6.45, 7) is 4.44. The molecule has 0 amide bonds. The van der Waals surface area contributed by atoms with E-state index >= 15 is 0 Å². The first kappa shape index (κ1) is 11.4. The molecule has 2 fully saturated rings. The van der Waals surface area contributed by atoms with Gasteiger partial charge in [0.15, 0.2) is 0 Å². The smallest absolute Gasteiger partial charge is 0.0844 e. The van der Waals surface area contributed by atoms with Crippen LogP contribution < -0.4 is 0 Å². The number of epoxide rings is 1. The van der Waals surface area contributed by atoms with Gasteiger partial charge in [0.25, 0.3) is 0 Å². The summed E-state index contributed by atoms with van der Waals surface area (Å²) in [4.78, 5) is 0. The second kappa shape index (κ2) is 4.42. The fourth-order valence-corrected chi connectivity index (χ4v) is 2.68. The van der Waals surface area contributed by atoms with Gasteiger partial charge in [-0.25, -0.2) is 0 Å². The van der Waals surface area contributed by atoms with Gasteiger partial charge in [0.2, 0.25) is 0 Å². The van der Waals surface area contributed by atoms with Gasteiger partial charge in [-0.05, 0) is 51.4 Å². The van der Waals surface area contributed by atoms with E-state index in [0.29, 0.717) is 12.2 Å². The third kappa shape index (κ3) is 2.73. The minimum atomic E-state index is 0.0985. The van der Waals surface area contributed by atoms with E-state index in [0.717, 1.165) is 12.3 Å². The maximum absolute atomic E-state index is 5.58. The maximum Gasteiger partial charge on any atom is 0.0844 e. The topological polar surface area (TPSA) is 21.8 Å². The summed E-state index contributed by atoms with van der Waals surface area (Å²) >= 11 is 0. The lowest BCUT2D eigenvalue weighted by atomic mass is 9.83. The Morgan fingerprint density at radius 1 is 1.33 bits per heavy atom. The minimum absolute atomic E-state index is 0.0985. The lowest BCUT2D eigenvalue weighted by molar-refractivity contribution is -0.00985. The molecule has 88 valence electrons. The van der Waals surface area contributed by atoms with Crippen molar-refractivity contribution in [2.75, 3.05) is 7.11 Å². The third-order valence-electron chi connectivity index (χ3n) is 4.43. The number of methoxy groups -OCH3 is 1. The molecule has 0 N–H and O–H groups in total. The summed E-state index contributed by atoms with van der Waals surface area (Å²) in [7, 11) is 1.84. The zero-order valence-corrected chi connectivity index (χ0v) is 10.3. The molecule has 2 rings (SSSR count). The normalized spacial score (nSPS) is 38.2. The largest absolute Gasteiger partial charge is 0.379 e. The van der Waals surface area contributed by atoms with Gasteiger partial charge in [-0.15, -0.1) is 0 Å². The fourth-order valence-electron chi connectivity index (χ4n) is 2.68. The Morgan fingerprint density at radius 3 is 2.73 bits per heavy atom. The summed E-state index contributed by atoms with van der Waals surface area (Å²) in [5.41, 5.74) is 0.0985. The van der Waals surface area contributed by atoms with Crippen molar-refractivity contribution in [1.82, 2.24) is 0 Å². The van der Waals surface area contributed by atoms with E-state index in [1.165, 1.54) is 32.1 Å². The Bertz CT molecular complexity index is 211. The van der Waals surface area contributed by atoms with Crippen molar-refractivity contribution in [3.8, 4) is 0 Å². The SMILES string of the molecule is CCC(C)(CCC1CCC2OC2C1)OC. The van der Waals surface area contributed by atoms with Crippen molar-refractivity contribution in [1.29, 1.82) is 0 Å². The Hall–Kier alpha value is -0.0800. The summed E-state index contributed by atoms with van der Waals surface area (Å²) in [5.74, 6) is 0.884. The predicted octanol–water partition coefficient (Wildman–Crippen LogP) is 3.15. The van der Waals surface area contributed by atoms with Crippen LogP contribution in [0, 0.1) is 5.92 Å². The van der Waals surface area contributed by atoms with Gasteiger partial charge >= 0.3 is 0 Å². The van der Waals surface area contributed by atoms with Gasteiger partial charge < -0.3 is 9.47 Å². The molecule has 0 aromatic rings. The highest BCUT2D eigenvalue weighted by molar-refractivity contribution is 4.92. The summed E-state index contributed by atoms with van der Waals surface area (Å²) < 4.78 is 11.1. The van der Waals surface area contributed by atoms with Gasteiger partial charge in [0.05, 0.1) is 17.8 Å². The van der Waals surface area contributed by atoms with Gasteiger partial charge in [-0.2, -0.15) is 0 Å². The Labute approximate surface area is 93.3 Å². The van der Waals surface area contributed by atoms with E-state index < -0.39 is 0 Å². The summed E-state index contributed by atoms with van der Waals surface area (Å²) in [6, 6.07) is 0. The van der Waals surface area contributed by atoms with Crippen molar-refractivity contribution in [3.05, 3.63) is 0 Å². The van der Waals surface area contributed by atoms with E-state index in [4.69, 9.17) is 9.47 Å². The quantitative estimate of drug-likeness (QED) is 0.653. The molecule has 1 aliphatic carbocycles. The molecular formula is C13H24O2. The molecule has 0 radical (unpaired) electrons. The first-order valence-corrected chi connectivity index (χ1v) is 6.37. The van der Waals surface area contributed by atoms with Crippen LogP contribution in [-0.2, 0) is 9.47 Å². The van der Waals surface area contributed by atoms with E-state index in [2.05, 4.69) is 13.8 Å². The van der Waals surface area contributed by atoms with Crippen LogP contribution in [0.1, 0.15) is 52.4 Å². The highest BCUT2D eigenvalue weighted by Gasteiger charge is 2.43. The molecule has 1 heterocycles. The van der Waals surface area contributed by atoms with Crippen molar-refractivity contribution in [2.24, 2.45) is 5.92 Å². The van der Waals surface area contributed by atoms with Gasteiger partial charge in [-0.1, -0.05) is 6.92 Å². The molecule has 1 saturated heterocycles. The second-order valence-corrected chi connectivity index (χ2v) is 5.44. The Morgan fingerprint density at radius 2 is 2.13 bits per heavy atom. The predicted molar refractivity (Wildman–Crippen MR) is 60.9 cm³/mol. The zero-order chi connectivity index (χ0) is 10.9. The first-order chi connectivity index (χ1) is 7.17. The average molecular weight is 212 g/mol. The van der Waals surface area contributed by atoms with Crippen LogP contribution in [0.15, 0.2) is 0 Å². The minimum Gasteiger partial charge on any atom is -0.379 e. The van der Waals surface area contributed by atoms with Crippen LogP contribution in [0.4, 0.5) is 0 Å². The van der Waals surface area contributed by atoms with Crippen molar-refractivity contribution in [2.45, 2.75) is 70.2 Å². The lowest BCUT2D eigenvalue weighted by Crippen LogP contribution is -2.27. The molecule has 1 aliphatic heterocycles. The molecule has 2 aliphatic rings. The fraction of sp³-hybridized carbons (Fsp3) is 1.00. The van der Waals surface area contributed by atoms with E-state index in [-0.39, 0.29) is 5.60 Å². The molecule has 4 atom stereocenters. The molecule has 4 unspecified atom stereocenters. The van der Waals surface area contributed by atoms with Gasteiger partial charge in [0.1, 0.15) is 0 Å². The molecule has 0 spiro atoms. The Balaban J connectivity index is 1.72. The van der Waals surface area contributed by atoms with Gasteiger partial charge in [0, 0.05) is 7.11 Å². The monoisotopic (exact) mass is 212 g/mol. The van der Waals surface area contributed by atoms with Crippen LogP contribution >= 0.6 is 0 Å². The van der Waals surface area contributed by atoms with Crippen molar-refractivity contribution in [3.63, 3.8) is 0 Å². The number of fused-ring (bicyclic) bond motifs is 1. The molecule has 2 heteroatoms. The van der Waals surface area contributed by atoms with Crippen LogP contribution in [0.2, 0.25) is 0 Å². The summed E-state index contributed by atoms with van der Waals surface area (Å²) in [5, 5.41) is 0. The molecule has 0 aromatic heterocycles. The average Bonchev–Trinajstić information content (AvgIpc) is 3.04. The standard InChI is InChI=1S/C13H24O2/c1-4-13(2,14-3)8-7-10-5-6-11-12(9-10)15-11/h10-12H,4-9H2,1-3H3. The Kier molecular flexibility index (Phi) is 3.36. The first-order valence-electron chi connectivity index (χ1n) is 6.37. The molecule has 0 aromatic carbocycles. The molecule has 15 heavy (non-hydrogen) atoms. The van der Waals surface area contributed by atoms with Crippen LogP contribution in [0.25, 0.3) is 0 Å². The zero-order valence-electron chi connectivity index (χ0n) is 10.3. The van der Waals surface area contributed by atoms with E-state index in [1.807, 2.05) is 7.11 Å². The van der Waals surface area contributed by atoms with Crippen molar-refractivity contribution < 1.29 is 9.47 Å². The van der Waals surface area contributed by atoms with Crippen molar-refractivity contribution >= 4 is 0 Å². The summed E-state index contributed by atoms with van der Waals surface area (Å²) in [6.07, 6.45) is 8.84. The van der Waals surface area contributed by atoms with E-state index in [9.17, 15) is 0 Å². The number of ether oxygens (including phenoxy) is 2. The lowest BCUT2D eigenvalue weighted by Gasteiger charge is -2.29. The number of rotatable bonds is 5. The van der Waals surface area contributed by atoms with E-state index in [1.54, 1.807) is 0 Å².